The zero-order chi connectivity index (χ0) is 13.0. The number of amides is 1. The summed E-state index contributed by atoms with van der Waals surface area (Å²) < 4.78 is 5.19. The van der Waals surface area contributed by atoms with Gasteiger partial charge in [-0.1, -0.05) is 18.2 Å². The van der Waals surface area contributed by atoms with Gasteiger partial charge in [0.15, 0.2) is 5.82 Å². The molecule has 0 radical (unpaired) electrons. The number of aryl methyl sites for hydroxylation is 1. The Hall–Kier alpha value is -2.37. The van der Waals surface area contributed by atoms with Gasteiger partial charge in [0.2, 0.25) is 5.91 Å². The molecule has 2 aromatic rings. The number of methoxy groups -OCH3 is 1. The van der Waals surface area contributed by atoms with E-state index >= 15 is 0 Å². The zero-order valence-electron chi connectivity index (χ0n) is 10.3. The largest absolute Gasteiger partial charge is 0.496 e. The highest BCUT2D eigenvalue weighted by molar-refractivity contribution is 5.91. The highest BCUT2D eigenvalue weighted by Crippen LogP contribution is 2.18. The van der Waals surface area contributed by atoms with Crippen LogP contribution in [0.25, 0.3) is 0 Å². The summed E-state index contributed by atoms with van der Waals surface area (Å²) in [5.74, 6) is 0.990. The number of carbonyl (C=O) groups is 1. The molecule has 1 amide bonds. The van der Waals surface area contributed by atoms with Crippen molar-refractivity contribution in [1.29, 1.82) is 0 Å². The van der Waals surface area contributed by atoms with Gasteiger partial charge in [0.1, 0.15) is 5.75 Å². The van der Waals surface area contributed by atoms with E-state index in [1.807, 2.05) is 24.3 Å². The minimum atomic E-state index is -0.153. The van der Waals surface area contributed by atoms with E-state index in [-0.39, 0.29) is 12.3 Å². The summed E-state index contributed by atoms with van der Waals surface area (Å²) in [5, 5.41) is 10.5. The van der Waals surface area contributed by atoms with Gasteiger partial charge in [-0.05, 0) is 6.07 Å². The second kappa shape index (κ2) is 5.31. The molecule has 6 heteroatoms. The van der Waals surface area contributed by atoms with Gasteiger partial charge < -0.3 is 10.1 Å². The number of ether oxygens (including phenoxy) is 1. The maximum Gasteiger partial charge on any atom is 0.230 e. The molecule has 0 aliphatic heterocycles. The molecular weight excluding hydrogens is 232 g/mol. The molecule has 18 heavy (non-hydrogen) atoms. The lowest BCUT2D eigenvalue weighted by Crippen LogP contribution is -2.15. The van der Waals surface area contributed by atoms with Crippen LogP contribution in [-0.4, -0.2) is 28.0 Å². The lowest BCUT2D eigenvalue weighted by molar-refractivity contribution is -0.115. The molecule has 0 atom stereocenters. The quantitative estimate of drug-likeness (QED) is 0.874. The fourth-order valence-corrected chi connectivity index (χ4v) is 1.61. The van der Waals surface area contributed by atoms with Gasteiger partial charge in [-0.25, -0.2) is 0 Å². The molecule has 0 aliphatic rings. The van der Waals surface area contributed by atoms with Crippen molar-refractivity contribution in [3.63, 3.8) is 0 Å². The number of nitrogens with one attached hydrogen (secondary N) is 1. The van der Waals surface area contributed by atoms with Gasteiger partial charge in [-0.3, -0.25) is 4.79 Å². The van der Waals surface area contributed by atoms with Gasteiger partial charge in [-0.15, -0.1) is 5.10 Å². The molecule has 1 N–H and O–H groups in total. The number of rotatable bonds is 4. The second-order valence-corrected chi connectivity index (χ2v) is 3.76. The van der Waals surface area contributed by atoms with E-state index in [0.29, 0.717) is 11.6 Å². The summed E-state index contributed by atoms with van der Waals surface area (Å²) in [4.78, 5) is 13.2. The Morgan fingerprint density at radius 3 is 2.89 bits per heavy atom. The van der Waals surface area contributed by atoms with Crippen molar-refractivity contribution in [3.05, 3.63) is 36.0 Å². The van der Waals surface area contributed by atoms with E-state index in [1.54, 1.807) is 14.2 Å². The number of benzene rings is 1. The predicted molar refractivity (Wildman–Crippen MR) is 66.3 cm³/mol. The third-order valence-electron chi connectivity index (χ3n) is 2.41. The summed E-state index contributed by atoms with van der Waals surface area (Å²) in [6.45, 7) is 0. The molecule has 0 aliphatic carbocycles. The van der Waals surface area contributed by atoms with Crippen LogP contribution in [0.1, 0.15) is 5.56 Å². The van der Waals surface area contributed by atoms with Gasteiger partial charge in [0.05, 0.1) is 19.7 Å². The molecule has 0 saturated heterocycles. The predicted octanol–water partition coefficient (Wildman–Crippen LogP) is 1.00. The highest BCUT2D eigenvalue weighted by Gasteiger charge is 2.09. The van der Waals surface area contributed by atoms with Crippen LogP contribution in [0.4, 0.5) is 5.82 Å². The van der Waals surface area contributed by atoms with E-state index in [0.717, 1.165) is 5.56 Å². The molecule has 2 rings (SSSR count). The van der Waals surface area contributed by atoms with E-state index in [1.165, 1.54) is 11.0 Å². The van der Waals surface area contributed by atoms with Gasteiger partial charge >= 0.3 is 0 Å². The molecule has 1 aromatic heterocycles. The first kappa shape index (κ1) is 12.1. The first-order valence-corrected chi connectivity index (χ1v) is 5.47. The normalized spacial score (nSPS) is 10.1. The van der Waals surface area contributed by atoms with Crippen LogP contribution in [0.2, 0.25) is 0 Å². The third-order valence-corrected chi connectivity index (χ3v) is 2.41. The Kier molecular flexibility index (Phi) is 3.57. The van der Waals surface area contributed by atoms with E-state index in [4.69, 9.17) is 4.74 Å². The van der Waals surface area contributed by atoms with Crippen LogP contribution in [0, 0.1) is 0 Å². The molecule has 1 heterocycles. The second-order valence-electron chi connectivity index (χ2n) is 3.76. The number of hydrogen-bond acceptors (Lipinski definition) is 4. The van der Waals surface area contributed by atoms with Crippen molar-refractivity contribution in [2.45, 2.75) is 6.42 Å². The van der Waals surface area contributed by atoms with Crippen molar-refractivity contribution in [1.82, 2.24) is 15.0 Å². The van der Waals surface area contributed by atoms with E-state index < -0.39 is 0 Å². The Bertz CT molecular complexity index is 551. The van der Waals surface area contributed by atoms with Crippen LogP contribution in [0.3, 0.4) is 0 Å². The van der Waals surface area contributed by atoms with Crippen molar-refractivity contribution in [2.75, 3.05) is 12.4 Å². The fraction of sp³-hybridized carbons (Fsp3) is 0.250. The molecule has 0 unspecified atom stereocenters. The average molecular weight is 246 g/mol. The number of hydrogen-bond donors (Lipinski definition) is 1. The smallest absolute Gasteiger partial charge is 0.230 e. The fourth-order valence-electron chi connectivity index (χ4n) is 1.61. The molecule has 0 fully saturated rings. The number of anilines is 1. The molecule has 94 valence electrons. The van der Waals surface area contributed by atoms with Crippen molar-refractivity contribution < 1.29 is 9.53 Å². The third kappa shape index (κ3) is 2.85. The average Bonchev–Trinajstić information content (AvgIpc) is 2.75. The zero-order valence-corrected chi connectivity index (χ0v) is 10.3. The monoisotopic (exact) mass is 246 g/mol. The van der Waals surface area contributed by atoms with Crippen molar-refractivity contribution >= 4 is 11.7 Å². The maximum atomic E-state index is 11.8. The topological polar surface area (TPSA) is 69.0 Å². The Balaban J connectivity index is 2.03. The minimum Gasteiger partial charge on any atom is -0.496 e. The van der Waals surface area contributed by atoms with Gasteiger partial charge in [0.25, 0.3) is 0 Å². The summed E-state index contributed by atoms with van der Waals surface area (Å²) in [6.07, 6.45) is 1.74. The Morgan fingerprint density at radius 2 is 2.22 bits per heavy atom. The van der Waals surface area contributed by atoms with Crippen LogP contribution < -0.4 is 10.1 Å². The Labute approximate surface area is 105 Å². The van der Waals surface area contributed by atoms with Gasteiger partial charge in [-0.2, -0.15) is 9.90 Å². The van der Waals surface area contributed by atoms with Crippen molar-refractivity contribution in [2.24, 2.45) is 7.05 Å². The highest BCUT2D eigenvalue weighted by atomic mass is 16.5. The van der Waals surface area contributed by atoms with Crippen LogP contribution in [0.15, 0.2) is 30.5 Å². The number of nitrogens with zero attached hydrogens (tertiary/aromatic N) is 3. The lowest BCUT2D eigenvalue weighted by atomic mass is 10.1. The van der Waals surface area contributed by atoms with Crippen LogP contribution in [-0.2, 0) is 18.3 Å². The Morgan fingerprint density at radius 1 is 1.44 bits per heavy atom. The number of aromatic nitrogens is 3. The summed E-state index contributed by atoms with van der Waals surface area (Å²) >= 11 is 0. The first-order valence-electron chi connectivity index (χ1n) is 5.47. The summed E-state index contributed by atoms with van der Waals surface area (Å²) in [7, 11) is 3.27. The first-order chi connectivity index (χ1) is 8.69. The molecular formula is C12H14N4O2. The van der Waals surface area contributed by atoms with Crippen LogP contribution in [0.5, 0.6) is 5.75 Å². The number of para-hydroxylation sites is 1. The lowest BCUT2D eigenvalue weighted by Gasteiger charge is -2.07. The van der Waals surface area contributed by atoms with Gasteiger partial charge in [0, 0.05) is 12.6 Å². The minimum absolute atomic E-state index is 0.153. The standard InChI is InChI=1S/C12H14N4O2/c1-16-13-8-11(15-16)14-12(17)7-9-5-3-4-6-10(9)18-2/h3-6,8H,7H2,1-2H3,(H,14,15,17). The molecule has 1 aromatic carbocycles. The van der Waals surface area contributed by atoms with E-state index in [2.05, 4.69) is 15.5 Å². The van der Waals surface area contributed by atoms with E-state index in [9.17, 15) is 4.79 Å². The molecule has 0 bridgehead atoms. The summed E-state index contributed by atoms with van der Waals surface area (Å²) in [5.41, 5.74) is 0.835. The SMILES string of the molecule is COc1ccccc1CC(=O)Nc1cnn(C)n1. The molecule has 6 nitrogen and oxygen atoms in total. The van der Waals surface area contributed by atoms with Crippen LogP contribution >= 0.6 is 0 Å². The number of carbonyl (C=O) groups excluding carboxylic acids is 1. The summed E-state index contributed by atoms with van der Waals surface area (Å²) in [6, 6.07) is 7.41. The molecule has 0 spiro atoms. The van der Waals surface area contributed by atoms with Crippen molar-refractivity contribution in [3.8, 4) is 5.75 Å². The molecule has 0 saturated carbocycles. The maximum absolute atomic E-state index is 11.8.